The van der Waals surface area contributed by atoms with E-state index in [-0.39, 0.29) is 23.1 Å². The molecule has 0 aliphatic rings. The van der Waals surface area contributed by atoms with E-state index in [0.29, 0.717) is 63.3 Å². The molecule has 0 amide bonds. The van der Waals surface area contributed by atoms with Crippen LogP contribution in [-0.2, 0) is 25.7 Å². The number of rotatable bonds is 19. The summed E-state index contributed by atoms with van der Waals surface area (Å²) < 4.78 is 31.5. The highest BCUT2D eigenvalue weighted by atomic mass is 35.5. The zero-order valence-corrected chi connectivity index (χ0v) is 68.5. The molecule has 0 fully saturated rings. The summed E-state index contributed by atoms with van der Waals surface area (Å²) in [4.78, 5) is 22.1. The third-order valence-electron chi connectivity index (χ3n) is 16.5. The molecule has 0 saturated heterocycles. The Morgan fingerprint density at radius 3 is 1.34 bits per heavy atom. The van der Waals surface area contributed by atoms with E-state index in [4.69, 9.17) is 51.6 Å². The van der Waals surface area contributed by atoms with Gasteiger partial charge in [-0.15, -0.1) is 0 Å². The van der Waals surface area contributed by atoms with Crippen LogP contribution in [0.25, 0.3) is 0 Å². The predicted molar refractivity (Wildman–Crippen MR) is 439 cm³/mol. The van der Waals surface area contributed by atoms with Gasteiger partial charge in [-0.05, 0) is 280 Å². The molecule has 3 N–H and O–H groups in total. The summed E-state index contributed by atoms with van der Waals surface area (Å²) in [6, 6.07) is 50.6. The second-order valence-corrected chi connectivity index (χ2v) is 26.1. The Balaban J connectivity index is 0.000000586. The predicted octanol–water partition coefficient (Wildman–Crippen LogP) is 24.9. The third kappa shape index (κ3) is 33.3. The van der Waals surface area contributed by atoms with Crippen LogP contribution in [0.3, 0.4) is 0 Å². The molecule has 0 radical (unpaired) electrons. The number of hydrogen-bond donors (Lipinski definition) is 3. The molecular formula is C91H122Cl2O11. The molecule has 0 aliphatic carbocycles. The van der Waals surface area contributed by atoms with Gasteiger partial charge in [-0.2, -0.15) is 0 Å². The van der Waals surface area contributed by atoms with Crippen molar-refractivity contribution in [3.8, 4) is 51.7 Å². The molecule has 0 bridgehead atoms. The maximum absolute atomic E-state index is 11.2. The number of Topliss-reactive ketones (excluding diaryl/α,β-unsaturated/α-hetero) is 2. The molecular weight excluding hydrogens is 1340 g/mol. The molecule has 11 nitrogen and oxygen atoms in total. The van der Waals surface area contributed by atoms with Crippen LogP contribution in [0.4, 0.5) is 0 Å². The Morgan fingerprint density at radius 1 is 0.375 bits per heavy atom. The molecule has 104 heavy (non-hydrogen) atoms. The summed E-state index contributed by atoms with van der Waals surface area (Å²) in [5.74, 6) is 6.12. The molecule has 566 valence electrons. The van der Waals surface area contributed by atoms with Crippen LogP contribution in [-0.4, -0.2) is 68.0 Å². The normalized spacial score (nSPS) is 9.91. The number of methoxy groups -OCH3 is 3. The van der Waals surface area contributed by atoms with Crippen LogP contribution in [0.5, 0.6) is 51.7 Å². The highest BCUT2D eigenvalue weighted by Crippen LogP contribution is 2.33. The van der Waals surface area contributed by atoms with Crippen molar-refractivity contribution < 1.29 is 53.3 Å². The standard InChI is InChI=1S/C13H20O.C11H16O2.C11H16O.C10H12O2.C10H14O.C10H14.C9H10Cl2O.C9H10O2.C8H10O/c1-6-14-13-8-12(9(2)3)10(4)7-11(13)5;1-4-9-7-11(13-5-2)10(12)6-8(9)3;1-4-6-10-9(2)7-5-8-11(10)12-3;1-7-5-4-6-9(12-3)10(7)8(2)11;1-3-5-9-8(2)6-4-7-10(9)11;1-3-6-10-8-5-4-7-9(10)2;1-3-12-9-5-7(10)6(2)4-8(9)11;1-6-4-3-5-8(11)9(6)7(2)10;1-7-4-3-5-8(6-7)9-2/h7-9H,6H2,1-5H3;6-7,12H,4-5H2,1-3H3;5,7-8H,4,6H2,1-3H3;4-6H,1-3H3;4,6-7,11H,3,5H2,1-2H3;4-5,7-8H,3,6H2,1-2H3;4-5H,3H2,1-2H3;3-5,11H,1-2H3;3-6H,1-2H3. The molecule has 9 aromatic carbocycles. The Bertz CT molecular complexity index is 3960. The Morgan fingerprint density at radius 2 is 0.865 bits per heavy atom. The van der Waals surface area contributed by atoms with Crippen LogP contribution in [0.1, 0.15) is 206 Å². The summed E-state index contributed by atoms with van der Waals surface area (Å²) >= 11 is 11.8. The van der Waals surface area contributed by atoms with Crippen molar-refractivity contribution in [1.82, 2.24) is 0 Å². The number of halogens is 2. The molecule has 0 aromatic heterocycles. The molecule has 9 aromatic rings. The van der Waals surface area contributed by atoms with Crippen molar-refractivity contribution in [2.45, 2.75) is 196 Å². The van der Waals surface area contributed by atoms with Crippen LogP contribution < -0.4 is 28.4 Å². The molecule has 0 heterocycles. The van der Waals surface area contributed by atoms with E-state index in [1.807, 2.05) is 122 Å². The average molecular weight is 1460 g/mol. The van der Waals surface area contributed by atoms with Crippen molar-refractivity contribution in [2.75, 3.05) is 41.2 Å². The van der Waals surface area contributed by atoms with Crippen molar-refractivity contribution >= 4 is 34.8 Å². The molecule has 13 heteroatoms. The van der Waals surface area contributed by atoms with E-state index >= 15 is 0 Å². The van der Waals surface area contributed by atoms with Crippen molar-refractivity contribution in [3.05, 3.63) is 262 Å². The van der Waals surface area contributed by atoms with Crippen molar-refractivity contribution in [1.29, 1.82) is 0 Å². The first-order chi connectivity index (χ1) is 49.4. The van der Waals surface area contributed by atoms with Crippen molar-refractivity contribution in [2.24, 2.45) is 0 Å². The lowest BCUT2D eigenvalue weighted by molar-refractivity contribution is 0.100. The minimum atomic E-state index is -0.0967. The van der Waals surface area contributed by atoms with Crippen LogP contribution in [0, 0.1) is 69.2 Å². The number of aryl methyl sites for hydroxylation is 12. The summed E-state index contributed by atoms with van der Waals surface area (Å²) in [6.45, 7) is 44.0. The number of ketones is 2. The van der Waals surface area contributed by atoms with E-state index in [1.165, 1.54) is 87.9 Å². The van der Waals surface area contributed by atoms with Gasteiger partial charge in [0.2, 0.25) is 0 Å². The fraction of sp³-hybridized carbons (Fsp3) is 0.385. The second-order valence-electron chi connectivity index (χ2n) is 25.3. The summed E-state index contributed by atoms with van der Waals surface area (Å²) in [6.07, 6.45) is 7.75. The van der Waals surface area contributed by atoms with E-state index in [9.17, 15) is 24.9 Å². The van der Waals surface area contributed by atoms with Gasteiger partial charge in [0.25, 0.3) is 0 Å². The zero-order valence-electron chi connectivity index (χ0n) is 67.0. The highest BCUT2D eigenvalue weighted by Gasteiger charge is 2.13. The van der Waals surface area contributed by atoms with Gasteiger partial charge in [0.15, 0.2) is 23.1 Å². The fourth-order valence-corrected chi connectivity index (χ4v) is 11.4. The van der Waals surface area contributed by atoms with Crippen molar-refractivity contribution in [3.63, 3.8) is 0 Å². The lowest BCUT2D eigenvalue weighted by Crippen LogP contribution is -1.99. The molecule has 9 rings (SSSR count). The SMILES string of the molecule is CC(=O)c1c(C)cccc1O.CCCc1c(C)cccc1O.CCCc1c(C)cccc1OC.CCCc1ccccc1C.CCOc1cc(C(C)C)c(C)cc1C.CCOc1cc(CC)c(C)cc1O.CCOc1cc(Cl)c(C)cc1Cl.COc1cccc(C)c1.COc1cccc(C)c1C(C)=O. The number of phenols is 3. The lowest BCUT2D eigenvalue weighted by Gasteiger charge is -2.14. The molecule has 0 spiro atoms. The lowest BCUT2D eigenvalue weighted by atomic mass is 9.96. The maximum Gasteiger partial charge on any atom is 0.163 e. The second kappa shape index (κ2) is 51.3. The third-order valence-corrected chi connectivity index (χ3v) is 17.2. The topological polar surface area (TPSA) is 150 Å². The summed E-state index contributed by atoms with van der Waals surface area (Å²) in [5.41, 5.74) is 19.3. The number of carbonyl (C=O) groups excluding carboxylic acids is 2. The Hall–Kier alpha value is -8.90. The van der Waals surface area contributed by atoms with E-state index < -0.39 is 0 Å². The fourth-order valence-electron chi connectivity index (χ4n) is 11.0. The van der Waals surface area contributed by atoms with Crippen LogP contribution in [0.15, 0.2) is 158 Å². The van der Waals surface area contributed by atoms with Gasteiger partial charge in [-0.3, -0.25) is 9.59 Å². The van der Waals surface area contributed by atoms with Crippen LogP contribution >= 0.6 is 23.2 Å². The first-order valence-corrected chi connectivity index (χ1v) is 36.9. The number of carbonyl (C=O) groups is 2. The molecule has 0 atom stereocenters. The largest absolute Gasteiger partial charge is 0.508 e. The monoisotopic (exact) mass is 1460 g/mol. The minimum absolute atomic E-state index is 0.0463. The van der Waals surface area contributed by atoms with Crippen LogP contribution in [0.2, 0.25) is 10.0 Å². The van der Waals surface area contributed by atoms with Gasteiger partial charge in [0.1, 0.15) is 40.2 Å². The Kier molecular flexibility index (Phi) is 45.9. The first-order valence-electron chi connectivity index (χ1n) is 36.2. The Labute approximate surface area is 635 Å². The maximum atomic E-state index is 11.2. The molecule has 0 aliphatic heterocycles. The number of hydrogen-bond acceptors (Lipinski definition) is 11. The minimum Gasteiger partial charge on any atom is -0.508 e. The van der Waals surface area contributed by atoms with Gasteiger partial charge in [0, 0.05) is 11.1 Å². The molecule has 0 saturated carbocycles. The van der Waals surface area contributed by atoms with E-state index in [1.54, 1.807) is 77.6 Å². The smallest absolute Gasteiger partial charge is 0.163 e. The van der Waals surface area contributed by atoms with Gasteiger partial charge in [-0.1, -0.05) is 175 Å². The molecule has 0 unspecified atom stereocenters. The van der Waals surface area contributed by atoms with Gasteiger partial charge in [-0.25, -0.2) is 0 Å². The van der Waals surface area contributed by atoms with Gasteiger partial charge in [0.05, 0.1) is 57.3 Å². The number of phenolic OH excluding ortho intramolecular Hbond substituents is 3. The number of ether oxygens (including phenoxy) is 6. The van der Waals surface area contributed by atoms with Gasteiger partial charge < -0.3 is 43.7 Å². The van der Waals surface area contributed by atoms with E-state index in [0.717, 1.165) is 77.4 Å². The number of benzene rings is 9. The quantitative estimate of drug-likeness (QED) is 0.0664. The average Bonchev–Trinajstić information content (AvgIpc) is 0.853. The zero-order chi connectivity index (χ0) is 78.6. The highest BCUT2D eigenvalue weighted by molar-refractivity contribution is 6.34. The summed E-state index contributed by atoms with van der Waals surface area (Å²) in [7, 11) is 4.98. The number of aromatic hydroxyl groups is 3. The first kappa shape index (κ1) is 93.1. The summed E-state index contributed by atoms with van der Waals surface area (Å²) in [5, 5.41) is 29.5. The van der Waals surface area contributed by atoms with E-state index in [2.05, 4.69) is 112 Å². The van der Waals surface area contributed by atoms with Gasteiger partial charge >= 0.3 is 0 Å².